The van der Waals surface area contributed by atoms with Crippen LogP contribution in [0.25, 0.3) is 32.8 Å². The van der Waals surface area contributed by atoms with E-state index in [1.54, 1.807) is 0 Å². The Hall–Kier alpha value is -2.80. The summed E-state index contributed by atoms with van der Waals surface area (Å²) in [5.74, 6) is 0. The number of pyridine rings is 1. The summed E-state index contributed by atoms with van der Waals surface area (Å²) >= 11 is 0. The molecule has 1 heterocycles. The van der Waals surface area contributed by atoms with Crippen molar-refractivity contribution in [3.8, 4) is 11.1 Å². The maximum absolute atomic E-state index is 9.22. The summed E-state index contributed by atoms with van der Waals surface area (Å²) in [6.45, 7) is 0. The third kappa shape index (κ3) is 4.31. The van der Waals surface area contributed by atoms with Crippen molar-refractivity contribution in [2.75, 3.05) is 7.11 Å². The fraction of sp³-hybridized carbons (Fsp3) is 0.0952. The number of aryl methyl sites for hydroxylation is 1. The molecule has 0 saturated carbocycles. The van der Waals surface area contributed by atoms with E-state index >= 15 is 0 Å². The van der Waals surface area contributed by atoms with Gasteiger partial charge in [-0.3, -0.25) is 4.18 Å². The van der Waals surface area contributed by atoms with E-state index in [0.717, 1.165) is 7.11 Å². The van der Waals surface area contributed by atoms with Crippen LogP contribution in [-0.4, -0.2) is 20.1 Å². The highest BCUT2D eigenvalue weighted by Crippen LogP contribution is 2.33. The van der Waals surface area contributed by atoms with Crippen LogP contribution in [0.1, 0.15) is 0 Å². The molecular weight excluding hydrogens is 362 g/mol. The number of aromatic nitrogens is 1. The summed E-state index contributed by atoms with van der Waals surface area (Å²) in [7, 11) is -1.50. The zero-order valence-electron chi connectivity index (χ0n) is 15.0. The number of nitrogens with zero attached hydrogens (tertiary/aromatic N) is 1. The predicted molar refractivity (Wildman–Crippen MR) is 105 cm³/mol. The smallest absolute Gasteiger partial charge is 0.217 e. The normalized spacial score (nSPS) is 11.2. The zero-order valence-corrected chi connectivity index (χ0v) is 15.8. The maximum atomic E-state index is 9.22. The van der Waals surface area contributed by atoms with Crippen LogP contribution in [0.3, 0.4) is 0 Å². The second-order valence-corrected chi connectivity index (χ2v) is 7.11. The van der Waals surface area contributed by atoms with Crippen LogP contribution in [-0.2, 0) is 21.6 Å². The van der Waals surface area contributed by atoms with Crippen LogP contribution >= 0.6 is 0 Å². The fourth-order valence-corrected chi connectivity index (χ4v) is 3.06. The van der Waals surface area contributed by atoms with E-state index in [1.807, 2.05) is 0 Å². The summed E-state index contributed by atoms with van der Waals surface area (Å²) in [5, 5.41) is 3.92. The summed E-state index contributed by atoms with van der Waals surface area (Å²) < 4.78 is 33.2. The molecule has 0 saturated heterocycles. The molecule has 0 aliphatic heterocycles. The standard InChI is InChI=1S/C20H16N.CH4O4S/c1-21-13-7-12-18-16-10-5-6-11-17(16)19(14-20(18)21)15-8-3-2-4-9-15;1-5-6(2,3)4/h2-14H,1H3;1H3,(H,2,3,4)/q+1;/p-1. The Morgan fingerprint density at radius 1 is 0.852 bits per heavy atom. The van der Waals surface area contributed by atoms with Crippen LogP contribution in [0, 0.1) is 0 Å². The molecular formula is C21H19NO4S. The van der Waals surface area contributed by atoms with Crippen molar-refractivity contribution in [1.82, 2.24) is 0 Å². The van der Waals surface area contributed by atoms with Gasteiger partial charge in [0.05, 0.1) is 12.5 Å². The first-order valence-electron chi connectivity index (χ1n) is 8.27. The largest absolute Gasteiger partial charge is 0.726 e. The molecule has 0 atom stereocenters. The molecule has 5 nitrogen and oxygen atoms in total. The number of rotatable bonds is 2. The Labute approximate surface area is 158 Å². The van der Waals surface area contributed by atoms with Crippen LogP contribution < -0.4 is 4.57 Å². The molecule has 138 valence electrons. The summed E-state index contributed by atoms with van der Waals surface area (Å²) in [6.07, 6.45) is 2.10. The molecule has 0 aliphatic rings. The van der Waals surface area contributed by atoms with Gasteiger partial charge in [-0.25, -0.2) is 13.0 Å². The van der Waals surface area contributed by atoms with E-state index in [4.69, 9.17) is 0 Å². The van der Waals surface area contributed by atoms with Gasteiger partial charge >= 0.3 is 0 Å². The minimum Gasteiger partial charge on any atom is -0.726 e. The second kappa shape index (κ2) is 7.84. The second-order valence-electron chi connectivity index (χ2n) is 5.96. The van der Waals surface area contributed by atoms with Crippen molar-refractivity contribution in [1.29, 1.82) is 0 Å². The van der Waals surface area contributed by atoms with Crippen molar-refractivity contribution >= 4 is 32.1 Å². The average molecular weight is 381 g/mol. The van der Waals surface area contributed by atoms with Crippen LogP contribution in [0.5, 0.6) is 0 Å². The van der Waals surface area contributed by atoms with Crippen molar-refractivity contribution in [3.05, 3.63) is 79.0 Å². The molecule has 3 aromatic carbocycles. The lowest BCUT2D eigenvalue weighted by molar-refractivity contribution is -0.644. The van der Waals surface area contributed by atoms with E-state index in [-0.39, 0.29) is 0 Å². The number of benzene rings is 3. The topological polar surface area (TPSA) is 70.3 Å². The van der Waals surface area contributed by atoms with Gasteiger partial charge in [-0.15, -0.1) is 0 Å². The molecule has 6 heteroatoms. The first-order valence-corrected chi connectivity index (χ1v) is 9.61. The Kier molecular flexibility index (Phi) is 5.51. The molecule has 0 fully saturated rings. The van der Waals surface area contributed by atoms with Crippen molar-refractivity contribution < 1.29 is 21.7 Å². The van der Waals surface area contributed by atoms with E-state index in [1.165, 1.54) is 32.8 Å². The van der Waals surface area contributed by atoms with E-state index in [9.17, 15) is 13.0 Å². The lowest BCUT2D eigenvalue weighted by atomic mass is 9.95. The quantitative estimate of drug-likeness (QED) is 0.230. The van der Waals surface area contributed by atoms with Crippen LogP contribution in [0.15, 0.2) is 79.0 Å². The van der Waals surface area contributed by atoms with Crippen molar-refractivity contribution in [3.63, 3.8) is 0 Å². The Balaban J connectivity index is 0.000000307. The van der Waals surface area contributed by atoms with Gasteiger partial charge in [-0.1, -0.05) is 54.6 Å². The molecule has 0 aliphatic carbocycles. The Bertz CT molecular complexity index is 1190. The van der Waals surface area contributed by atoms with Gasteiger partial charge in [-0.05, 0) is 28.0 Å². The number of fused-ring (bicyclic) bond motifs is 3. The molecule has 4 aromatic rings. The molecule has 0 spiro atoms. The highest BCUT2D eigenvalue weighted by atomic mass is 32.3. The molecule has 0 amide bonds. The molecule has 1 aromatic heterocycles. The lowest BCUT2D eigenvalue weighted by Crippen LogP contribution is -2.27. The maximum Gasteiger partial charge on any atom is 0.217 e. The Morgan fingerprint density at radius 3 is 2.04 bits per heavy atom. The highest BCUT2D eigenvalue weighted by Gasteiger charge is 2.12. The third-order valence-corrected chi connectivity index (χ3v) is 4.71. The molecule has 27 heavy (non-hydrogen) atoms. The average Bonchev–Trinajstić information content (AvgIpc) is 2.68. The fourth-order valence-electron chi connectivity index (χ4n) is 3.06. The molecule has 0 bridgehead atoms. The van der Waals surface area contributed by atoms with E-state index in [2.05, 4.69) is 94.8 Å². The van der Waals surface area contributed by atoms with Crippen molar-refractivity contribution in [2.24, 2.45) is 7.05 Å². The van der Waals surface area contributed by atoms with Crippen LogP contribution in [0.4, 0.5) is 0 Å². The van der Waals surface area contributed by atoms with Gasteiger partial charge in [0.25, 0.3) is 0 Å². The van der Waals surface area contributed by atoms with Gasteiger partial charge in [0.15, 0.2) is 6.20 Å². The highest BCUT2D eigenvalue weighted by molar-refractivity contribution is 7.80. The van der Waals surface area contributed by atoms with Gasteiger partial charge in [0.2, 0.25) is 15.9 Å². The minimum atomic E-state index is -4.41. The van der Waals surface area contributed by atoms with Gasteiger partial charge < -0.3 is 4.55 Å². The SMILES string of the molecule is COS(=O)(=O)[O-].C[n+]1cccc2c3ccccc3c(-c3ccccc3)cc21. The third-order valence-electron chi connectivity index (χ3n) is 4.31. The van der Waals surface area contributed by atoms with Gasteiger partial charge in [0, 0.05) is 12.1 Å². The van der Waals surface area contributed by atoms with E-state index < -0.39 is 10.4 Å². The van der Waals surface area contributed by atoms with Gasteiger partial charge in [0.1, 0.15) is 7.05 Å². The minimum absolute atomic E-state index is 0.808. The molecule has 4 rings (SSSR count). The monoisotopic (exact) mass is 381 g/mol. The number of hydrogen-bond acceptors (Lipinski definition) is 4. The zero-order chi connectivity index (χ0) is 19.4. The van der Waals surface area contributed by atoms with Gasteiger partial charge in [-0.2, -0.15) is 0 Å². The Morgan fingerprint density at radius 2 is 1.41 bits per heavy atom. The molecule has 0 radical (unpaired) electrons. The lowest BCUT2D eigenvalue weighted by Gasteiger charge is -2.09. The van der Waals surface area contributed by atoms with E-state index in [0.29, 0.717) is 0 Å². The first kappa shape index (κ1) is 19.0. The summed E-state index contributed by atoms with van der Waals surface area (Å²) in [5.41, 5.74) is 3.81. The molecule has 0 N–H and O–H groups in total. The summed E-state index contributed by atoms with van der Waals surface area (Å²) in [4.78, 5) is 0. The van der Waals surface area contributed by atoms with Crippen molar-refractivity contribution in [2.45, 2.75) is 0 Å². The summed E-state index contributed by atoms with van der Waals surface area (Å²) in [6, 6.07) is 25.9. The number of hydrogen-bond donors (Lipinski definition) is 0. The molecule has 0 unspecified atom stereocenters. The first-order chi connectivity index (χ1) is 12.9. The predicted octanol–water partition coefficient (Wildman–Crippen LogP) is 3.58. The van der Waals surface area contributed by atoms with Crippen LogP contribution in [0.2, 0.25) is 0 Å².